The third-order valence-corrected chi connectivity index (χ3v) is 6.04. The molecule has 4 rings (SSSR count). The van der Waals surface area contributed by atoms with Gasteiger partial charge in [0, 0.05) is 13.5 Å². The monoisotopic (exact) mass is 391 g/mol. The average molecular weight is 391 g/mol. The molecule has 0 bridgehead atoms. The second-order valence-corrected chi connectivity index (χ2v) is 8.12. The number of amides is 1. The molecule has 2 aromatic rings. The first-order valence-corrected chi connectivity index (χ1v) is 9.83. The number of benzene rings is 2. The second-order valence-electron chi connectivity index (χ2n) is 8.12. The van der Waals surface area contributed by atoms with Crippen LogP contribution in [-0.2, 0) is 20.8 Å². The maximum atomic E-state index is 13.0. The molecule has 1 heterocycles. The zero-order valence-electron chi connectivity index (χ0n) is 16.9. The van der Waals surface area contributed by atoms with Crippen molar-refractivity contribution >= 4 is 12.1 Å². The summed E-state index contributed by atoms with van der Waals surface area (Å²) < 4.78 is 11.5. The lowest BCUT2D eigenvalue weighted by atomic mass is 9.70. The number of hydrogen-bond donors (Lipinski definition) is 0. The Balaban J connectivity index is 1.84. The standard InChI is InChI=1S/C24H25NO4/c1-17(26)28-20-14-15-24(21(20)19-12-8-5-9-13-19)23(2,3)29-22(27)25(24)16-18-10-6-4-7-11-18/h4-14,21H,15-16H2,1-3H3/t21-,24+/m0/s1. The van der Waals surface area contributed by atoms with Crippen molar-refractivity contribution in [2.75, 3.05) is 0 Å². The van der Waals surface area contributed by atoms with E-state index in [9.17, 15) is 9.59 Å². The van der Waals surface area contributed by atoms with Gasteiger partial charge < -0.3 is 9.47 Å². The van der Waals surface area contributed by atoms with Crippen molar-refractivity contribution in [3.63, 3.8) is 0 Å². The van der Waals surface area contributed by atoms with Gasteiger partial charge in [0.25, 0.3) is 0 Å². The van der Waals surface area contributed by atoms with Gasteiger partial charge in [0.1, 0.15) is 16.9 Å². The third kappa shape index (κ3) is 3.11. The van der Waals surface area contributed by atoms with Crippen LogP contribution in [0.4, 0.5) is 4.79 Å². The topological polar surface area (TPSA) is 55.8 Å². The second kappa shape index (κ2) is 7.07. The van der Waals surface area contributed by atoms with Gasteiger partial charge in [-0.05, 0) is 37.5 Å². The molecular weight excluding hydrogens is 366 g/mol. The Labute approximate surface area is 170 Å². The fourth-order valence-corrected chi connectivity index (χ4v) is 4.76. The molecule has 0 unspecified atom stereocenters. The van der Waals surface area contributed by atoms with Crippen LogP contribution in [0.25, 0.3) is 0 Å². The van der Waals surface area contributed by atoms with Crippen molar-refractivity contribution in [3.05, 3.63) is 83.6 Å². The molecule has 1 saturated heterocycles. The summed E-state index contributed by atoms with van der Waals surface area (Å²) in [7, 11) is 0. The summed E-state index contributed by atoms with van der Waals surface area (Å²) in [5, 5.41) is 0. The number of esters is 1. The lowest BCUT2D eigenvalue weighted by molar-refractivity contribution is -0.137. The Hall–Kier alpha value is -3.08. The number of cyclic esters (lactones) is 1. The number of rotatable bonds is 4. The minimum absolute atomic E-state index is 0.308. The predicted molar refractivity (Wildman–Crippen MR) is 109 cm³/mol. The molecule has 1 aliphatic carbocycles. The third-order valence-electron chi connectivity index (χ3n) is 6.04. The van der Waals surface area contributed by atoms with Crippen molar-refractivity contribution in [2.24, 2.45) is 0 Å². The predicted octanol–water partition coefficient (Wildman–Crippen LogP) is 4.79. The van der Waals surface area contributed by atoms with Gasteiger partial charge in [0.05, 0.1) is 5.92 Å². The molecule has 0 aromatic heterocycles. The highest BCUT2D eigenvalue weighted by Crippen LogP contribution is 2.57. The summed E-state index contributed by atoms with van der Waals surface area (Å²) in [6.07, 6.45) is 2.12. The number of hydrogen-bond acceptors (Lipinski definition) is 4. The SMILES string of the molecule is CC(=O)OC1=CC[C@]2([C@H]1c1ccccc1)N(Cc1ccccc1)C(=O)OC2(C)C. The van der Waals surface area contributed by atoms with Gasteiger partial charge in [-0.3, -0.25) is 9.69 Å². The van der Waals surface area contributed by atoms with Gasteiger partial charge in [0.2, 0.25) is 0 Å². The quantitative estimate of drug-likeness (QED) is 0.703. The molecule has 1 amide bonds. The molecule has 1 spiro atoms. The van der Waals surface area contributed by atoms with Crippen LogP contribution in [0.3, 0.4) is 0 Å². The zero-order valence-corrected chi connectivity index (χ0v) is 16.9. The lowest BCUT2D eigenvalue weighted by Gasteiger charge is -2.45. The Morgan fingerprint density at radius 1 is 1.10 bits per heavy atom. The van der Waals surface area contributed by atoms with E-state index in [4.69, 9.17) is 9.47 Å². The summed E-state index contributed by atoms with van der Waals surface area (Å²) in [4.78, 5) is 26.6. The van der Waals surface area contributed by atoms with E-state index < -0.39 is 11.1 Å². The van der Waals surface area contributed by atoms with Crippen molar-refractivity contribution in [3.8, 4) is 0 Å². The highest BCUT2D eigenvalue weighted by atomic mass is 16.6. The first-order valence-electron chi connectivity index (χ1n) is 9.83. The van der Waals surface area contributed by atoms with Crippen molar-refractivity contribution in [1.29, 1.82) is 0 Å². The Kier molecular flexibility index (Phi) is 4.69. The molecule has 5 nitrogen and oxygen atoms in total. The lowest BCUT2D eigenvalue weighted by Crippen LogP contribution is -2.58. The van der Waals surface area contributed by atoms with Crippen LogP contribution in [0.1, 0.15) is 44.2 Å². The van der Waals surface area contributed by atoms with E-state index in [-0.39, 0.29) is 18.0 Å². The van der Waals surface area contributed by atoms with Crippen LogP contribution >= 0.6 is 0 Å². The molecule has 2 aromatic carbocycles. The normalized spacial score (nSPS) is 25.1. The van der Waals surface area contributed by atoms with Crippen LogP contribution in [0.2, 0.25) is 0 Å². The Morgan fingerprint density at radius 2 is 1.72 bits per heavy atom. The zero-order chi connectivity index (χ0) is 20.6. The van der Waals surface area contributed by atoms with E-state index in [0.717, 1.165) is 11.1 Å². The van der Waals surface area contributed by atoms with Crippen molar-refractivity contribution < 1.29 is 19.1 Å². The van der Waals surface area contributed by atoms with E-state index in [2.05, 4.69) is 0 Å². The van der Waals surface area contributed by atoms with Crippen LogP contribution in [0, 0.1) is 0 Å². The number of nitrogens with zero attached hydrogens (tertiary/aromatic N) is 1. The molecule has 150 valence electrons. The first-order chi connectivity index (χ1) is 13.8. The van der Waals surface area contributed by atoms with Gasteiger partial charge in [-0.15, -0.1) is 0 Å². The number of carbonyl (C=O) groups is 2. The van der Waals surface area contributed by atoms with Gasteiger partial charge in [-0.1, -0.05) is 60.7 Å². The van der Waals surface area contributed by atoms with E-state index in [0.29, 0.717) is 18.7 Å². The Morgan fingerprint density at radius 3 is 2.34 bits per heavy atom. The molecule has 1 aliphatic heterocycles. The van der Waals surface area contributed by atoms with E-state index in [1.165, 1.54) is 6.92 Å². The summed E-state index contributed by atoms with van der Waals surface area (Å²) >= 11 is 0. The van der Waals surface area contributed by atoms with Gasteiger partial charge in [-0.25, -0.2) is 4.79 Å². The van der Waals surface area contributed by atoms with Gasteiger partial charge in [0.15, 0.2) is 0 Å². The highest BCUT2D eigenvalue weighted by molar-refractivity contribution is 5.75. The fraction of sp³-hybridized carbons (Fsp3) is 0.333. The van der Waals surface area contributed by atoms with Crippen molar-refractivity contribution in [1.82, 2.24) is 4.90 Å². The fourth-order valence-electron chi connectivity index (χ4n) is 4.76. The molecule has 5 heteroatoms. The van der Waals surface area contributed by atoms with Gasteiger partial charge in [-0.2, -0.15) is 0 Å². The minimum Gasteiger partial charge on any atom is -0.441 e. The maximum Gasteiger partial charge on any atom is 0.411 e. The summed E-state index contributed by atoms with van der Waals surface area (Å²) in [5.74, 6) is -0.0993. The van der Waals surface area contributed by atoms with Crippen molar-refractivity contribution in [2.45, 2.75) is 50.8 Å². The maximum absolute atomic E-state index is 13.0. The summed E-state index contributed by atoms with van der Waals surface area (Å²) in [5.41, 5.74) is 0.528. The van der Waals surface area contributed by atoms with Crippen LogP contribution in [0.15, 0.2) is 72.5 Å². The highest BCUT2D eigenvalue weighted by Gasteiger charge is 2.66. The molecule has 0 N–H and O–H groups in total. The minimum atomic E-state index is -0.780. The number of ether oxygens (including phenoxy) is 2. The number of carbonyl (C=O) groups excluding carboxylic acids is 2. The van der Waals surface area contributed by atoms with E-state index in [1.54, 1.807) is 0 Å². The smallest absolute Gasteiger partial charge is 0.411 e. The molecule has 29 heavy (non-hydrogen) atoms. The summed E-state index contributed by atoms with van der Waals surface area (Å²) in [6, 6.07) is 19.7. The molecule has 0 saturated carbocycles. The summed E-state index contributed by atoms with van der Waals surface area (Å²) in [6.45, 7) is 5.71. The van der Waals surface area contributed by atoms with E-state index >= 15 is 0 Å². The van der Waals surface area contributed by atoms with Crippen LogP contribution < -0.4 is 0 Å². The molecule has 2 atom stereocenters. The Bertz CT molecular complexity index is 951. The first kappa shape index (κ1) is 19.2. The molecule has 1 fully saturated rings. The largest absolute Gasteiger partial charge is 0.441 e. The molecular formula is C24H25NO4. The average Bonchev–Trinajstić information content (AvgIpc) is 3.14. The van der Waals surface area contributed by atoms with Crippen LogP contribution in [-0.4, -0.2) is 28.1 Å². The van der Waals surface area contributed by atoms with Crippen LogP contribution in [0.5, 0.6) is 0 Å². The molecule has 0 radical (unpaired) electrons. The van der Waals surface area contributed by atoms with E-state index in [1.807, 2.05) is 85.5 Å². The molecule has 2 aliphatic rings. The van der Waals surface area contributed by atoms with Gasteiger partial charge >= 0.3 is 12.1 Å².